The molecule has 1 unspecified atom stereocenters. The van der Waals surface area contributed by atoms with Crippen LogP contribution in [-0.2, 0) is 9.59 Å². The second-order valence-corrected chi connectivity index (χ2v) is 5.46. The maximum Gasteiger partial charge on any atom is 0.307 e. The van der Waals surface area contributed by atoms with Crippen molar-refractivity contribution in [2.45, 2.75) is 19.8 Å². The zero-order valence-electron chi connectivity index (χ0n) is 11.9. The van der Waals surface area contributed by atoms with Crippen molar-refractivity contribution >= 4 is 17.6 Å². The first-order chi connectivity index (χ1) is 9.92. The topological polar surface area (TPSA) is 75.6 Å². The summed E-state index contributed by atoms with van der Waals surface area (Å²) in [6, 6.07) is 4.02. The first kappa shape index (κ1) is 15.3. The van der Waals surface area contributed by atoms with Crippen molar-refractivity contribution in [2.75, 3.05) is 12.4 Å². The van der Waals surface area contributed by atoms with Crippen LogP contribution in [0.25, 0.3) is 0 Å². The number of carboxylic acids is 1. The lowest BCUT2D eigenvalue weighted by molar-refractivity contribution is -0.145. The Morgan fingerprint density at radius 3 is 2.62 bits per heavy atom. The van der Waals surface area contributed by atoms with Gasteiger partial charge in [0.15, 0.2) is 0 Å². The molecular weight excluding hydrogens is 277 g/mol. The number of nitrogens with one attached hydrogen (secondary N) is 1. The van der Waals surface area contributed by atoms with Crippen LogP contribution in [0.4, 0.5) is 10.1 Å². The van der Waals surface area contributed by atoms with Gasteiger partial charge in [-0.15, -0.1) is 0 Å². The minimum Gasteiger partial charge on any atom is -0.497 e. The molecule has 6 heteroatoms. The van der Waals surface area contributed by atoms with E-state index < -0.39 is 29.5 Å². The third-order valence-corrected chi connectivity index (χ3v) is 3.88. The molecule has 0 spiro atoms. The third-order valence-electron chi connectivity index (χ3n) is 3.88. The van der Waals surface area contributed by atoms with Crippen LogP contribution in [0, 0.1) is 23.6 Å². The average molecular weight is 295 g/mol. The highest BCUT2D eigenvalue weighted by Crippen LogP contribution is 2.37. The van der Waals surface area contributed by atoms with Crippen LogP contribution < -0.4 is 10.1 Å². The van der Waals surface area contributed by atoms with Crippen LogP contribution in [0.3, 0.4) is 0 Å². The van der Waals surface area contributed by atoms with Crippen LogP contribution in [0.2, 0.25) is 0 Å². The maximum absolute atomic E-state index is 13.7. The Balaban J connectivity index is 2.16. The van der Waals surface area contributed by atoms with Crippen LogP contribution in [0.5, 0.6) is 5.75 Å². The van der Waals surface area contributed by atoms with E-state index in [1.54, 1.807) is 0 Å². The summed E-state index contributed by atoms with van der Waals surface area (Å²) in [6.07, 6.45) is 0.961. The molecule has 0 radical (unpaired) electrons. The molecule has 2 rings (SSSR count). The lowest BCUT2D eigenvalue weighted by atomic mass is 9.95. The van der Waals surface area contributed by atoms with Gasteiger partial charge < -0.3 is 15.2 Å². The molecule has 1 saturated carbocycles. The molecule has 0 bridgehead atoms. The number of carbonyl (C=O) groups excluding carboxylic acids is 1. The van der Waals surface area contributed by atoms with Gasteiger partial charge in [0.2, 0.25) is 5.91 Å². The molecule has 1 aliphatic rings. The average Bonchev–Trinajstić information content (AvgIpc) is 2.83. The number of hydrogen-bond acceptors (Lipinski definition) is 3. The lowest BCUT2D eigenvalue weighted by Crippen LogP contribution is -2.30. The number of carboxylic acid groups (broad SMARTS) is 1. The third kappa shape index (κ3) is 3.32. The molecule has 1 fully saturated rings. The number of hydrogen-bond donors (Lipinski definition) is 2. The number of methoxy groups -OCH3 is 1. The number of carbonyl (C=O) groups is 2. The molecule has 1 amide bonds. The van der Waals surface area contributed by atoms with Crippen LogP contribution in [0.1, 0.15) is 19.8 Å². The minimum atomic E-state index is -0.981. The molecule has 1 aromatic rings. The first-order valence-corrected chi connectivity index (χ1v) is 6.79. The van der Waals surface area contributed by atoms with E-state index in [0.29, 0.717) is 18.6 Å². The maximum atomic E-state index is 13.7. The van der Waals surface area contributed by atoms with E-state index in [2.05, 4.69) is 5.32 Å². The second kappa shape index (κ2) is 6.11. The van der Waals surface area contributed by atoms with Gasteiger partial charge in [0.05, 0.1) is 24.6 Å². The van der Waals surface area contributed by atoms with Gasteiger partial charge in [0.25, 0.3) is 0 Å². The summed E-state index contributed by atoms with van der Waals surface area (Å²) in [5.41, 5.74) is 0.00282. The van der Waals surface area contributed by atoms with Crippen molar-refractivity contribution in [3.8, 4) is 5.75 Å². The largest absolute Gasteiger partial charge is 0.497 e. The highest BCUT2D eigenvalue weighted by molar-refractivity contribution is 5.95. The standard InChI is InChI=1S/C15H18FNO4/c1-8-5-10(11(6-8)15(19)20)14(18)17-13-7-9(21-2)3-4-12(13)16/h3-4,7-8,10-11H,5-6H2,1-2H3,(H,17,18)(H,19,20)/t8?,10-,11+/m0/s1. The highest BCUT2D eigenvalue weighted by Gasteiger charge is 2.41. The Labute approximate surface area is 122 Å². The van der Waals surface area contributed by atoms with Crippen molar-refractivity contribution in [3.63, 3.8) is 0 Å². The zero-order chi connectivity index (χ0) is 15.6. The van der Waals surface area contributed by atoms with E-state index in [0.717, 1.165) is 0 Å². The number of amides is 1. The summed E-state index contributed by atoms with van der Waals surface area (Å²) in [7, 11) is 1.44. The molecule has 0 aromatic heterocycles. The van der Waals surface area contributed by atoms with Crippen LogP contribution >= 0.6 is 0 Å². The van der Waals surface area contributed by atoms with Crippen molar-refractivity contribution in [1.82, 2.24) is 0 Å². The summed E-state index contributed by atoms with van der Waals surface area (Å²) < 4.78 is 18.7. The molecule has 1 aromatic carbocycles. The van der Waals surface area contributed by atoms with Crippen LogP contribution in [-0.4, -0.2) is 24.1 Å². The number of halogens is 1. The van der Waals surface area contributed by atoms with E-state index in [4.69, 9.17) is 4.74 Å². The fourth-order valence-electron chi connectivity index (χ4n) is 2.81. The van der Waals surface area contributed by atoms with Gasteiger partial charge in [-0.1, -0.05) is 6.92 Å². The zero-order valence-corrected chi connectivity index (χ0v) is 11.9. The molecule has 0 aliphatic heterocycles. The predicted octanol–water partition coefficient (Wildman–Crippen LogP) is 2.52. The molecule has 1 aliphatic carbocycles. The van der Waals surface area contributed by atoms with Crippen molar-refractivity contribution in [1.29, 1.82) is 0 Å². The Morgan fingerprint density at radius 1 is 1.33 bits per heavy atom. The van der Waals surface area contributed by atoms with Gasteiger partial charge in [-0.05, 0) is 30.9 Å². The number of benzene rings is 1. The lowest BCUT2D eigenvalue weighted by Gasteiger charge is -2.16. The molecule has 21 heavy (non-hydrogen) atoms. The smallest absolute Gasteiger partial charge is 0.307 e. The van der Waals surface area contributed by atoms with Gasteiger partial charge in [-0.2, -0.15) is 0 Å². The van der Waals surface area contributed by atoms with Gasteiger partial charge >= 0.3 is 5.97 Å². The summed E-state index contributed by atoms with van der Waals surface area (Å²) in [5, 5.41) is 11.7. The van der Waals surface area contributed by atoms with Gasteiger partial charge in [-0.3, -0.25) is 9.59 Å². The molecule has 5 nitrogen and oxygen atoms in total. The highest BCUT2D eigenvalue weighted by atomic mass is 19.1. The number of anilines is 1. The van der Waals surface area contributed by atoms with E-state index in [1.165, 1.54) is 25.3 Å². The van der Waals surface area contributed by atoms with Crippen molar-refractivity contribution in [2.24, 2.45) is 17.8 Å². The molecular formula is C15H18FNO4. The Morgan fingerprint density at radius 2 is 2.00 bits per heavy atom. The quantitative estimate of drug-likeness (QED) is 0.895. The van der Waals surface area contributed by atoms with E-state index in [1.807, 2.05) is 6.92 Å². The number of ether oxygens (including phenoxy) is 1. The summed E-state index contributed by atoms with van der Waals surface area (Å²) in [4.78, 5) is 23.5. The fourth-order valence-corrected chi connectivity index (χ4v) is 2.81. The summed E-state index contributed by atoms with van der Waals surface area (Å²) in [5.74, 6) is -2.79. The second-order valence-electron chi connectivity index (χ2n) is 5.46. The Kier molecular flexibility index (Phi) is 4.45. The summed E-state index contributed by atoms with van der Waals surface area (Å²) in [6.45, 7) is 1.91. The molecule has 114 valence electrons. The Bertz CT molecular complexity index is 561. The summed E-state index contributed by atoms with van der Waals surface area (Å²) >= 11 is 0. The van der Waals surface area contributed by atoms with E-state index in [-0.39, 0.29) is 11.6 Å². The number of aliphatic carboxylic acids is 1. The Hall–Kier alpha value is -2.11. The fraction of sp³-hybridized carbons (Fsp3) is 0.467. The van der Waals surface area contributed by atoms with Gasteiger partial charge in [0.1, 0.15) is 11.6 Å². The SMILES string of the molecule is COc1ccc(F)c(NC(=O)[C@H]2CC(C)C[C@H]2C(=O)O)c1. The molecule has 0 saturated heterocycles. The van der Waals surface area contributed by atoms with E-state index in [9.17, 15) is 19.1 Å². The molecule has 0 heterocycles. The molecule has 2 N–H and O–H groups in total. The van der Waals surface area contributed by atoms with Gasteiger partial charge in [-0.25, -0.2) is 4.39 Å². The normalized spacial score (nSPS) is 24.6. The van der Waals surface area contributed by atoms with Crippen molar-refractivity contribution in [3.05, 3.63) is 24.0 Å². The van der Waals surface area contributed by atoms with Crippen LogP contribution in [0.15, 0.2) is 18.2 Å². The number of rotatable bonds is 4. The van der Waals surface area contributed by atoms with Crippen molar-refractivity contribution < 1.29 is 23.8 Å². The monoisotopic (exact) mass is 295 g/mol. The van der Waals surface area contributed by atoms with Gasteiger partial charge in [0, 0.05) is 6.07 Å². The van der Waals surface area contributed by atoms with E-state index >= 15 is 0 Å². The predicted molar refractivity (Wildman–Crippen MR) is 74.6 cm³/mol. The first-order valence-electron chi connectivity index (χ1n) is 6.79. The molecule has 3 atom stereocenters. The minimum absolute atomic E-state index is 0.00282.